The van der Waals surface area contributed by atoms with Crippen molar-refractivity contribution in [1.82, 2.24) is 0 Å². The number of hydrogen-bond donors (Lipinski definition) is 1. The van der Waals surface area contributed by atoms with Gasteiger partial charge in [0.2, 0.25) is 0 Å². The molecule has 0 bridgehead atoms. The van der Waals surface area contributed by atoms with Crippen molar-refractivity contribution in [3.63, 3.8) is 0 Å². The van der Waals surface area contributed by atoms with Gasteiger partial charge in [-0.05, 0) is 34.8 Å². The summed E-state index contributed by atoms with van der Waals surface area (Å²) in [5, 5.41) is 11.6. The molecule has 0 atom stereocenters. The minimum Gasteiger partial charge on any atom is -0.493 e. The van der Waals surface area contributed by atoms with E-state index < -0.39 is 5.60 Å². The molecule has 0 radical (unpaired) electrons. The van der Waals surface area contributed by atoms with E-state index in [0.29, 0.717) is 19.4 Å². The molecule has 26 heavy (non-hydrogen) atoms. The highest BCUT2D eigenvalue weighted by Gasteiger charge is 2.31. The quantitative estimate of drug-likeness (QED) is 0.684. The van der Waals surface area contributed by atoms with Gasteiger partial charge in [0.15, 0.2) is 0 Å². The molecule has 1 aliphatic rings. The van der Waals surface area contributed by atoms with Crippen molar-refractivity contribution in [2.45, 2.75) is 25.0 Å². The molecule has 0 aromatic heterocycles. The molecule has 0 saturated carbocycles. The summed E-state index contributed by atoms with van der Waals surface area (Å²) in [5.41, 5.74) is 3.18. The Morgan fingerprint density at radius 1 is 0.769 bits per heavy atom. The van der Waals surface area contributed by atoms with Crippen LogP contribution in [0.25, 0.3) is 6.08 Å². The van der Waals surface area contributed by atoms with Crippen molar-refractivity contribution in [3.8, 4) is 0 Å². The van der Waals surface area contributed by atoms with Crippen molar-refractivity contribution in [1.29, 1.82) is 0 Å². The van der Waals surface area contributed by atoms with E-state index >= 15 is 0 Å². The summed E-state index contributed by atoms with van der Waals surface area (Å²) in [7, 11) is 0. The number of benzene rings is 3. The predicted molar refractivity (Wildman–Crippen MR) is 104 cm³/mol. The number of allylic oxidation sites excluding steroid dienone is 1. The zero-order valence-corrected chi connectivity index (χ0v) is 14.6. The van der Waals surface area contributed by atoms with Gasteiger partial charge < -0.3 is 9.84 Å². The van der Waals surface area contributed by atoms with Gasteiger partial charge in [-0.2, -0.15) is 0 Å². The fourth-order valence-electron chi connectivity index (χ4n) is 3.52. The third kappa shape index (κ3) is 3.29. The maximum absolute atomic E-state index is 11.6. The summed E-state index contributed by atoms with van der Waals surface area (Å²) in [4.78, 5) is 0. The van der Waals surface area contributed by atoms with E-state index in [1.807, 2.05) is 72.8 Å². The number of aliphatic hydroxyl groups is 1. The average molecular weight is 342 g/mol. The number of fused-ring (bicyclic) bond motifs is 1. The van der Waals surface area contributed by atoms with Crippen LogP contribution in [-0.4, -0.2) is 5.11 Å². The summed E-state index contributed by atoms with van der Waals surface area (Å²) >= 11 is 0. The highest BCUT2D eigenvalue weighted by molar-refractivity contribution is 5.57. The van der Waals surface area contributed by atoms with Crippen LogP contribution in [0, 0.1) is 0 Å². The van der Waals surface area contributed by atoms with Crippen LogP contribution in [0.1, 0.15) is 35.1 Å². The molecule has 1 heterocycles. The summed E-state index contributed by atoms with van der Waals surface area (Å²) in [6.07, 6.45) is 3.33. The molecule has 0 aliphatic carbocycles. The maximum atomic E-state index is 11.6. The lowest BCUT2D eigenvalue weighted by molar-refractivity contribution is 0.0637. The highest BCUT2D eigenvalue weighted by Crippen LogP contribution is 2.36. The van der Waals surface area contributed by atoms with Crippen LogP contribution in [0.2, 0.25) is 0 Å². The van der Waals surface area contributed by atoms with Crippen LogP contribution in [0.3, 0.4) is 0 Å². The Kier molecular flexibility index (Phi) is 4.59. The van der Waals surface area contributed by atoms with Gasteiger partial charge in [-0.1, -0.05) is 84.9 Å². The van der Waals surface area contributed by atoms with Gasteiger partial charge in [-0.25, -0.2) is 0 Å². The molecule has 4 rings (SSSR count). The van der Waals surface area contributed by atoms with Crippen LogP contribution in [-0.2, 0) is 16.9 Å². The fraction of sp³-hybridized carbons (Fsp3) is 0.167. The summed E-state index contributed by atoms with van der Waals surface area (Å²) in [6.45, 7) is 0.594. The molecule has 2 nitrogen and oxygen atoms in total. The van der Waals surface area contributed by atoms with E-state index in [1.54, 1.807) is 0 Å². The van der Waals surface area contributed by atoms with Crippen LogP contribution >= 0.6 is 0 Å². The number of rotatable bonds is 5. The van der Waals surface area contributed by atoms with E-state index in [1.165, 1.54) is 11.1 Å². The first-order chi connectivity index (χ1) is 12.8. The average Bonchev–Trinajstić information content (AvgIpc) is 2.73. The van der Waals surface area contributed by atoms with Crippen LogP contribution < -0.4 is 0 Å². The maximum Gasteiger partial charge on any atom is 0.115 e. The van der Waals surface area contributed by atoms with E-state index in [4.69, 9.17) is 4.74 Å². The molecule has 0 amide bonds. The Balaban J connectivity index is 1.62. The largest absolute Gasteiger partial charge is 0.493 e. The molecule has 130 valence electrons. The second-order valence-electron chi connectivity index (χ2n) is 6.69. The smallest absolute Gasteiger partial charge is 0.115 e. The fourth-order valence-corrected chi connectivity index (χ4v) is 3.52. The topological polar surface area (TPSA) is 29.5 Å². The van der Waals surface area contributed by atoms with Gasteiger partial charge >= 0.3 is 0 Å². The molecule has 3 aromatic carbocycles. The third-order valence-corrected chi connectivity index (χ3v) is 5.02. The monoisotopic (exact) mass is 342 g/mol. The van der Waals surface area contributed by atoms with Crippen molar-refractivity contribution >= 4 is 6.08 Å². The Labute approximate surface area is 154 Å². The lowest BCUT2D eigenvalue weighted by Crippen LogP contribution is -2.27. The van der Waals surface area contributed by atoms with Crippen LogP contribution in [0.4, 0.5) is 0 Å². The lowest BCUT2D eigenvalue weighted by Gasteiger charge is -2.30. The van der Waals surface area contributed by atoms with Gasteiger partial charge in [0.05, 0.1) is 5.76 Å². The summed E-state index contributed by atoms with van der Waals surface area (Å²) < 4.78 is 5.92. The van der Waals surface area contributed by atoms with Crippen molar-refractivity contribution in [2.24, 2.45) is 0 Å². The van der Waals surface area contributed by atoms with E-state index in [2.05, 4.69) is 18.2 Å². The molecule has 0 saturated heterocycles. The van der Waals surface area contributed by atoms with Gasteiger partial charge in [0, 0.05) is 6.42 Å². The summed E-state index contributed by atoms with van der Waals surface area (Å²) in [6, 6.07) is 28.0. The predicted octanol–water partition coefficient (Wildman–Crippen LogP) is 5.27. The minimum atomic E-state index is -1.04. The zero-order chi connectivity index (χ0) is 17.8. The van der Waals surface area contributed by atoms with Gasteiger partial charge in [0.25, 0.3) is 0 Å². The van der Waals surface area contributed by atoms with E-state index in [9.17, 15) is 5.11 Å². The normalized spacial score (nSPS) is 13.5. The van der Waals surface area contributed by atoms with Gasteiger partial charge in [-0.15, -0.1) is 0 Å². The molecule has 1 aliphatic heterocycles. The van der Waals surface area contributed by atoms with E-state index in [0.717, 1.165) is 16.9 Å². The zero-order valence-electron chi connectivity index (χ0n) is 14.6. The van der Waals surface area contributed by atoms with Crippen molar-refractivity contribution in [2.75, 3.05) is 0 Å². The standard InChI is InChI=1S/C24H22O2/c25-24(21-11-3-1-4-12-21,22-13-5-2-6-14-22)16-15-23-17-19-9-7-8-10-20(19)18-26-23/h1-14,17,25H,15-16,18H2. The van der Waals surface area contributed by atoms with Crippen molar-refractivity contribution < 1.29 is 9.84 Å². The third-order valence-electron chi connectivity index (χ3n) is 5.02. The Hall–Kier alpha value is -2.84. The van der Waals surface area contributed by atoms with Crippen molar-refractivity contribution in [3.05, 3.63) is 113 Å². The molecule has 0 spiro atoms. The molecule has 0 unspecified atom stereocenters. The molecule has 2 heteroatoms. The second kappa shape index (κ2) is 7.19. The van der Waals surface area contributed by atoms with Crippen LogP contribution in [0.15, 0.2) is 90.7 Å². The SMILES string of the molecule is OC(CCC1=Cc2ccccc2CO1)(c1ccccc1)c1ccccc1. The minimum absolute atomic E-state index is 0.565. The summed E-state index contributed by atoms with van der Waals surface area (Å²) in [5.74, 6) is 0.925. The molecule has 1 N–H and O–H groups in total. The first-order valence-electron chi connectivity index (χ1n) is 9.00. The van der Waals surface area contributed by atoms with Gasteiger partial charge in [-0.3, -0.25) is 0 Å². The highest BCUT2D eigenvalue weighted by atomic mass is 16.5. The van der Waals surface area contributed by atoms with Crippen LogP contribution in [0.5, 0.6) is 0 Å². The molecule has 0 fully saturated rings. The first-order valence-corrected chi connectivity index (χ1v) is 9.00. The first kappa shape index (κ1) is 16.6. The van der Waals surface area contributed by atoms with E-state index in [-0.39, 0.29) is 0 Å². The van der Waals surface area contributed by atoms with Gasteiger partial charge in [0.1, 0.15) is 12.2 Å². The Bertz CT molecular complexity index is 858. The molecule has 3 aromatic rings. The Morgan fingerprint density at radius 2 is 1.35 bits per heavy atom. The molecular formula is C24H22O2. The molecular weight excluding hydrogens is 320 g/mol. The second-order valence-corrected chi connectivity index (χ2v) is 6.69. The lowest BCUT2D eigenvalue weighted by atomic mass is 9.82. The number of hydrogen-bond acceptors (Lipinski definition) is 2. The number of ether oxygens (including phenoxy) is 1. The Morgan fingerprint density at radius 3 is 2.00 bits per heavy atom.